The number of nitrogen functional groups attached to an aromatic ring is 1. The Kier molecular flexibility index (Phi) is 14.1. The number of amides is 2. The molecule has 0 radical (unpaired) electrons. The molecule has 280 valence electrons. The van der Waals surface area contributed by atoms with Crippen LogP contribution in [0.25, 0.3) is 11.1 Å². The average molecular weight is 719 g/mol. The van der Waals surface area contributed by atoms with Gasteiger partial charge in [0, 0.05) is 37.9 Å². The van der Waals surface area contributed by atoms with Crippen molar-refractivity contribution in [3.63, 3.8) is 0 Å². The maximum Gasteiger partial charge on any atom is 0.224 e. The quantitative estimate of drug-likeness (QED) is 0.0682. The van der Waals surface area contributed by atoms with Gasteiger partial charge in [-0.15, -0.1) is 0 Å². The maximum absolute atomic E-state index is 12.7. The van der Waals surface area contributed by atoms with E-state index in [0.29, 0.717) is 30.8 Å². The zero-order valence-corrected chi connectivity index (χ0v) is 30.7. The SMILES string of the molecule is Nc1ccccc1NC(=O)CCCCCCC(=O)NCc1ccccc1-c1ccc([C@@H]2O[C@H](CN3CCCCC3)C[C@H](c3ccc(CO)cc3)O2)cc1. The number of nitrogens with zero attached hydrogens (tertiary/aromatic N) is 1. The molecule has 0 spiro atoms. The van der Waals surface area contributed by atoms with E-state index in [9.17, 15) is 14.7 Å². The summed E-state index contributed by atoms with van der Waals surface area (Å²) in [6.45, 7) is 3.59. The molecule has 2 heterocycles. The van der Waals surface area contributed by atoms with Crippen molar-refractivity contribution in [2.24, 2.45) is 0 Å². The molecule has 53 heavy (non-hydrogen) atoms. The van der Waals surface area contributed by atoms with E-state index in [0.717, 1.165) is 85.1 Å². The highest BCUT2D eigenvalue weighted by Gasteiger charge is 2.33. The molecule has 9 heteroatoms. The van der Waals surface area contributed by atoms with Gasteiger partial charge in [0.25, 0.3) is 0 Å². The summed E-state index contributed by atoms with van der Waals surface area (Å²) in [5.41, 5.74) is 13.3. The van der Waals surface area contributed by atoms with Gasteiger partial charge in [-0.3, -0.25) is 9.59 Å². The van der Waals surface area contributed by atoms with Crippen LogP contribution in [0.15, 0.2) is 97.1 Å². The number of aliphatic hydroxyl groups is 1. The zero-order chi connectivity index (χ0) is 36.8. The number of hydrogen-bond acceptors (Lipinski definition) is 7. The fourth-order valence-electron chi connectivity index (χ4n) is 7.27. The molecule has 6 rings (SSSR count). The molecule has 0 aromatic heterocycles. The van der Waals surface area contributed by atoms with Gasteiger partial charge in [-0.2, -0.15) is 0 Å². The number of anilines is 2. The molecule has 0 aliphatic carbocycles. The number of unbranched alkanes of at least 4 members (excludes halogenated alkanes) is 3. The molecule has 0 unspecified atom stereocenters. The number of aliphatic hydroxyl groups excluding tert-OH is 1. The Labute approximate surface area is 313 Å². The second-order valence-electron chi connectivity index (χ2n) is 14.3. The lowest BCUT2D eigenvalue weighted by atomic mass is 9.97. The standard InChI is InChI=1S/C44H54N4O5/c45-39-14-8-9-15-40(39)47-43(51)17-5-2-1-4-16-42(50)46-29-36-12-6-7-13-38(36)33-22-24-35(25-23-33)44-52-37(30-48-26-10-3-11-27-48)28-41(53-44)34-20-18-32(31-49)19-21-34/h6-9,12-15,18-25,37,41,44,49H,1-5,10-11,16-17,26-31,45H2,(H,46,50)(H,47,51)/t37-,41+,44+/m0/s1. The van der Waals surface area contributed by atoms with Crippen molar-refractivity contribution in [2.75, 3.05) is 30.7 Å². The number of nitrogens with one attached hydrogen (secondary N) is 2. The van der Waals surface area contributed by atoms with Crippen molar-refractivity contribution in [1.29, 1.82) is 0 Å². The van der Waals surface area contributed by atoms with Crippen LogP contribution in [-0.4, -0.2) is 47.6 Å². The van der Waals surface area contributed by atoms with Gasteiger partial charge in [-0.1, -0.05) is 104 Å². The van der Waals surface area contributed by atoms with Crippen LogP contribution in [0.4, 0.5) is 11.4 Å². The van der Waals surface area contributed by atoms with E-state index in [-0.39, 0.29) is 30.6 Å². The lowest BCUT2D eigenvalue weighted by Gasteiger charge is -2.39. The Bertz CT molecular complexity index is 1760. The van der Waals surface area contributed by atoms with Crippen LogP contribution in [0, 0.1) is 0 Å². The van der Waals surface area contributed by atoms with E-state index in [1.807, 2.05) is 36.4 Å². The molecule has 4 aromatic carbocycles. The van der Waals surface area contributed by atoms with Crippen LogP contribution < -0.4 is 16.4 Å². The number of benzene rings is 4. The summed E-state index contributed by atoms with van der Waals surface area (Å²) in [6.07, 6.45) is 8.22. The van der Waals surface area contributed by atoms with Gasteiger partial charge >= 0.3 is 0 Å². The van der Waals surface area contributed by atoms with E-state index in [2.05, 4.69) is 64.1 Å². The summed E-state index contributed by atoms with van der Waals surface area (Å²) in [7, 11) is 0. The van der Waals surface area contributed by atoms with Crippen LogP contribution in [0.2, 0.25) is 0 Å². The van der Waals surface area contributed by atoms with Crippen molar-refractivity contribution in [3.05, 3.63) is 119 Å². The molecular weight excluding hydrogens is 665 g/mol. The molecule has 2 saturated heterocycles. The van der Waals surface area contributed by atoms with Crippen molar-refractivity contribution < 1.29 is 24.2 Å². The summed E-state index contributed by atoms with van der Waals surface area (Å²) in [5.74, 6) is -0.0182. The van der Waals surface area contributed by atoms with E-state index in [1.165, 1.54) is 19.3 Å². The highest BCUT2D eigenvalue weighted by molar-refractivity contribution is 5.93. The highest BCUT2D eigenvalue weighted by Crippen LogP contribution is 2.39. The maximum atomic E-state index is 12.7. The number of ether oxygens (including phenoxy) is 2. The molecule has 2 aliphatic rings. The van der Waals surface area contributed by atoms with E-state index in [4.69, 9.17) is 15.2 Å². The number of hydrogen-bond donors (Lipinski definition) is 4. The number of rotatable bonds is 16. The molecule has 5 N–H and O–H groups in total. The van der Waals surface area contributed by atoms with Crippen molar-refractivity contribution in [3.8, 4) is 11.1 Å². The number of carbonyl (C=O) groups excluding carboxylic acids is 2. The third-order valence-corrected chi connectivity index (χ3v) is 10.3. The largest absolute Gasteiger partial charge is 0.397 e. The average Bonchev–Trinajstić information content (AvgIpc) is 3.20. The number of piperidine rings is 1. The van der Waals surface area contributed by atoms with Gasteiger partial charge in [0.05, 0.1) is 30.2 Å². The Hall–Kier alpha value is -4.54. The summed E-state index contributed by atoms with van der Waals surface area (Å²) >= 11 is 0. The minimum Gasteiger partial charge on any atom is -0.397 e. The Morgan fingerprint density at radius 3 is 2.17 bits per heavy atom. The Morgan fingerprint density at radius 1 is 0.755 bits per heavy atom. The Morgan fingerprint density at radius 2 is 1.43 bits per heavy atom. The molecular formula is C44H54N4O5. The van der Waals surface area contributed by atoms with Crippen LogP contribution in [-0.2, 0) is 32.2 Å². The topological polar surface area (TPSA) is 126 Å². The van der Waals surface area contributed by atoms with E-state index in [1.54, 1.807) is 12.1 Å². The summed E-state index contributed by atoms with van der Waals surface area (Å²) in [4.78, 5) is 27.5. The minimum absolute atomic E-state index is 0.0218. The Balaban J connectivity index is 0.996. The predicted molar refractivity (Wildman–Crippen MR) is 210 cm³/mol. The van der Waals surface area contributed by atoms with Crippen LogP contribution >= 0.6 is 0 Å². The van der Waals surface area contributed by atoms with Gasteiger partial charge in [0.2, 0.25) is 11.8 Å². The second-order valence-corrected chi connectivity index (χ2v) is 14.3. The second kappa shape index (κ2) is 19.5. The first-order valence-electron chi connectivity index (χ1n) is 19.3. The van der Waals surface area contributed by atoms with Crippen LogP contribution in [0.3, 0.4) is 0 Å². The van der Waals surface area contributed by atoms with Crippen molar-refractivity contribution in [1.82, 2.24) is 10.2 Å². The number of likely N-dealkylation sites (tertiary alicyclic amines) is 1. The third-order valence-electron chi connectivity index (χ3n) is 10.3. The highest BCUT2D eigenvalue weighted by atomic mass is 16.7. The van der Waals surface area contributed by atoms with Gasteiger partial charge in [0.1, 0.15) is 0 Å². The summed E-state index contributed by atoms with van der Waals surface area (Å²) in [5, 5.41) is 15.5. The molecule has 3 atom stereocenters. The van der Waals surface area contributed by atoms with Crippen LogP contribution in [0.1, 0.15) is 98.9 Å². The first-order valence-corrected chi connectivity index (χ1v) is 19.3. The number of para-hydroxylation sites is 2. The number of carbonyl (C=O) groups is 2. The fourth-order valence-corrected chi connectivity index (χ4v) is 7.27. The van der Waals surface area contributed by atoms with E-state index >= 15 is 0 Å². The molecule has 2 amide bonds. The van der Waals surface area contributed by atoms with Crippen LogP contribution in [0.5, 0.6) is 0 Å². The lowest BCUT2D eigenvalue weighted by Crippen LogP contribution is -2.41. The van der Waals surface area contributed by atoms with Gasteiger partial charge < -0.3 is 35.8 Å². The first-order chi connectivity index (χ1) is 25.9. The monoisotopic (exact) mass is 718 g/mol. The van der Waals surface area contributed by atoms with Crippen molar-refractivity contribution in [2.45, 2.75) is 95.9 Å². The van der Waals surface area contributed by atoms with Crippen molar-refractivity contribution >= 4 is 23.2 Å². The molecule has 4 aromatic rings. The summed E-state index contributed by atoms with van der Waals surface area (Å²) < 4.78 is 13.2. The minimum atomic E-state index is -0.490. The predicted octanol–water partition coefficient (Wildman–Crippen LogP) is 8.05. The molecule has 9 nitrogen and oxygen atoms in total. The molecule has 2 aliphatic heterocycles. The van der Waals surface area contributed by atoms with E-state index < -0.39 is 6.29 Å². The third kappa shape index (κ3) is 11.2. The van der Waals surface area contributed by atoms with Gasteiger partial charge in [-0.25, -0.2) is 0 Å². The molecule has 0 saturated carbocycles. The van der Waals surface area contributed by atoms with Gasteiger partial charge in [0.15, 0.2) is 6.29 Å². The fraction of sp³-hybridized carbons (Fsp3) is 0.409. The summed E-state index contributed by atoms with van der Waals surface area (Å²) in [6, 6.07) is 31.9. The molecule has 0 bridgehead atoms. The number of nitrogens with two attached hydrogens (primary N) is 1. The normalized spacial score (nSPS) is 19.1. The zero-order valence-electron chi connectivity index (χ0n) is 30.7. The van der Waals surface area contributed by atoms with Gasteiger partial charge in [-0.05, 0) is 78.7 Å². The smallest absolute Gasteiger partial charge is 0.224 e. The first kappa shape index (κ1) is 38.2. The molecule has 2 fully saturated rings. The lowest BCUT2D eigenvalue weighted by molar-refractivity contribution is -0.253.